The molecular weight excluding hydrogens is 314 g/mol. The van der Waals surface area contributed by atoms with Crippen molar-refractivity contribution in [1.82, 2.24) is 14.6 Å². The summed E-state index contributed by atoms with van der Waals surface area (Å²) in [6, 6.07) is 1.60. The number of piperidine rings is 1. The average molecular weight is 332 g/mol. The summed E-state index contributed by atoms with van der Waals surface area (Å²) >= 11 is 5.99. The first-order chi connectivity index (χ1) is 9.87. The van der Waals surface area contributed by atoms with Gasteiger partial charge in [-0.3, -0.25) is 9.78 Å². The van der Waals surface area contributed by atoms with E-state index in [1.165, 1.54) is 12.4 Å². The lowest BCUT2D eigenvalue weighted by Gasteiger charge is -2.33. The molecule has 1 aliphatic rings. The maximum atomic E-state index is 12.4. The lowest BCUT2D eigenvalue weighted by molar-refractivity contribution is 0.0676. The Bertz CT molecular complexity index is 621. The second-order valence-electron chi connectivity index (χ2n) is 5.24. The molecule has 1 saturated heterocycles. The second-order valence-corrected chi connectivity index (χ2v) is 7.48. The molecule has 1 atom stereocenters. The van der Waals surface area contributed by atoms with Crippen molar-refractivity contribution in [2.75, 3.05) is 25.9 Å². The van der Waals surface area contributed by atoms with Gasteiger partial charge in [-0.1, -0.05) is 11.6 Å². The van der Waals surface area contributed by atoms with E-state index in [1.54, 1.807) is 11.0 Å². The summed E-state index contributed by atoms with van der Waals surface area (Å²) in [4.78, 5) is 18.0. The summed E-state index contributed by atoms with van der Waals surface area (Å²) < 4.78 is 24.8. The Balaban J connectivity index is 2.01. The van der Waals surface area contributed by atoms with E-state index in [4.69, 9.17) is 11.6 Å². The number of halogens is 1. The minimum atomic E-state index is -3.20. The van der Waals surface area contributed by atoms with Crippen molar-refractivity contribution in [3.63, 3.8) is 0 Å². The maximum absolute atomic E-state index is 12.4. The second kappa shape index (κ2) is 6.72. The molecule has 0 radical (unpaired) electrons. The lowest BCUT2D eigenvalue weighted by Crippen LogP contribution is -2.43. The zero-order valence-electron chi connectivity index (χ0n) is 11.8. The van der Waals surface area contributed by atoms with Gasteiger partial charge in [-0.05, 0) is 24.8 Å². The van der Waals surface area contributed by atoms with Gasteiger partial charge in [0, 0.05) is 32.0 Å². The number of carbonyl (C=O) groups excluding carboxylic acids is 1. The van der Waals surface area contributed by atoms with E-state index in [2.05, 4.69) is 9.71 Å². The van der Waals surface area contributed by atoms with E-state index in [1.807, 2.05) is 0 Å². The van der Waals surface area contributed by atoms with Crippen molar-refractivity contribution in [3.05, 3.63) is 29.0 Å². The van der Waals surface area contributed by atoms with E-state index in [-0.39, 0.29) is 11.8 Å². The van der Waals surface area contributed by atoms with Gasteiger partial charge in [-0.2, -0.15) is 0 Å². The van der Waals surface area contributed by atoms with Crippen molar-refractivity contribution in [2.45, 2.75) is 12.8 Å². The Kier molecular flexibility index (Phi) is 5.18. The maximum Gasteiger partial charge on any atom is 0.255 e. The van der Waals surface area contributed by atoms with E-state index in [9.17, 15) is 13.2 Å². The summed E-state index contributed by atoms with van der Waals surface area (Å²) in [5, 5.41) is 0.332. The van der Waals surface area contributed by atoms with Crippen molar-refractivity contribution in [2.24, 2.45) is 5.92 Å². The van der Waals surface area contributed by atoms with Crippen LogP contribution in [0.15, 0.2) is 18.5 Å². The largest absolute Gasteiger partial charge is 0.338 e. The topological polar surface area (TPSA) is 79.4 Å². The van der Waals surface area contributed by atoms with E-state index in [0.29, 0.717) is 30.2 Å². The molecule has 0 aliphatic carbocycles. The van der Waals surface area contributed by atoms with Crippen LogP contribution in [-0.2, 0) is 10.0 Å². The van der Waals surface area contributed by atoms with Gasteiger partial charge in [0.25, 0.3) is 5.91 Å². The number of nitrogens with zero attached hydrogens (tertiary/aromatic N) is 2. The van der Waals surface area contributed by atoms with Crippen LogP contribution < -0.4 is 4.72 Å². The zero-order chi connectivity index (χ0) is 15.5. The molecule has 0 aromatic carbocycles. The Morgan fingerprint density at radius 2 is 2.33 bits per heavy atom. The van der Waals surface area contributed by atoms with Gasteiger partial charge in [0.2, 0.25) is 10.0 Å². The molecule has 116 valence electrons. The highest BCUT2D eigenvalue weighted by atomic mass is 35.5. The van der Waals surface area contributed by atoms with Gasteiger partial charge in [0.15, 0.2) is 0 Å². The molecule has 2 rings (SSSR count). The molecule has 1 N–H and O–H groups in total. The molecule has 2 heterocycles. The van der Waals surface area contributed by atoms with Gasteiger partial charge >= 0.3 is 0 Å². The van der Waals surface area contributed by atoms with Crippen molar-refractivity contribution in [1.29, 1.82) is 0 Å². The van der Waals surface area contributed by atoms with Crippen LogP contribution in [0.25, 0.3) is 0 Å². The normalized spacial score (nSPS) is 19.5. The fourth-order valence-corrected chi connectivity index (χ4v) is 3.14. The fourth-order valence-electron chi connectivity index (χ4n) is 2.40. The molecule has 1 amide bonds. The van der Waals surface area contributed by atoms with E-state index < -0.39 is 10.0 Å². The Morgan fingerprint density at radius 1 is 1.57 bits per heavy atom. The van der Waals surface area contributed by atoms with Crippen molar-refractivity contribution < 1.29 is 13.2 Å². The van der Waals surface area contributed by atoms with Crippen LogP contribution in [0.4, 0.5) is 0 Å². The number of hydrogen-bond donors (Lipinski definition) is 1. The Labute approximate surface area is 129 Å². The summed E-state index contributed by atoms with van der Waals surface area (Å²) in [5.74, 6) is -0.00973. The molecule has 1 fully saturated rings. The smallest absolute Gasteiger partial charge is 0.255 e. The van der Waals surface area contributed by atoms with Crippen LogP contribution >= 0.6 is 11.6 Å². The predicted molar refractivity (Wildman–Crippen MR) is 80.7 cm³/mol. The number of amides is 1. The molecule has 8 heteroatoms. The fraction of sp³-hybridized carbons (Fsp3) is 0.538. The van der Waals surface area contributed by atoms with Gasteiger partial charge in [0.05, 0.1) is 16.8 Å². The number of aromatic nitrogens is 1. The minimum absolute atomic E-state index is 0.123. The number of sulfonamides is 1. The zero-order valence-corrected chi connectivity index (χ0v) is 13.3. The summed E-state index contributed by atoms with van der Waals surface area (Å²) in [7, 11) is -3.20. The third-order valence-corrected chi connectivity index (χ3v) is 4.44. The average Bonchev–Trinajstić information content (AvgIpc) is 2.44. The molecule has 0 bridgehead atoms. The van der Waals surface area contributed by atoms with Gasteiger partial charge in [0.1, 0.15) is 0 Å². The first-order valence-electron chi connectivity index (χ1n) is 6.70. The molecule has 0 saturated carbocycles. The molecular formula is C13H18ClN3O3S. The van der Waals surface area contributed by atoms with Crippen LogP contribution in [0, 0.1) is 5.92 Å². The number of rotatable bonds is 4. The van der Waals surface area contributed by atoms with Crippen LogP contribution in [0.5, 0.6) is 0 Å². The monoisotopic (exact) mass is 331 g/mol. The number of likely N-dealkylation sites (tertiary alicyclic amines) is 1. The first kappa shape index (κ1) is 16.2. The number of hydrogen-bond acceptors (Lipinski definition) is 4. The van der Waals surface area contributed by atoms with Crippen molar-refractivity contribution >= 4 is 27.5 Å². The highest BCUT2D eigenvalue weighted by Crippen LogP contribution is 2.21. The highest BCUT2D eigenvalue weighted by Gasteiger charge is 2.26. The Hall–Kier alpha value is -1.18. The number of carbonyl (C=O) groups is 1. The Morgan fingerprint density at radius 3 is 3.00 bits per heavy atom. The van der Waals surface area contributed by atoms with Gasteiger partial charge in [-0.25, -0.2) is 13.1 Å². The van der Waals surface area contributed by atoms with Gasteiger partial charge < -0.3 is 4.90 Å². The first-order valence-corrected chi connectivity index (χ1v) is 8.97. The minimum Gasteiger partial charge on any atom is -0.338 e. The molecule has 6 nitrogen and oxygen atoms in total. The number of nitrogens with one attached hydrogen (secondary N) is 1. The predicted octanol–water partition coefficient (Wildman–Crippen LogP) is 1.14. The molecule has 21 heavy (non-hydrogen) atoms. The number of pyridine rings is 1. The standard InChI is InChI=1S/C13H18ClN3O3S/c1-21(19,20)16-7-10-3-2-6-17(9-10)13(18)11-4-5-15-8-12(11)14/h4-5,8,10,16H,2-3,6-7,9H2,1H3. The van der Waals surface area contributed by atoms with E-state index >= 15 is 0 Å². The molecule has 1 aromatic rings. The summed E-state index contributed by atoms with van der Waals surface area (Å²) in [6.07, 6.45) is 5.86. The summed E-state index contributed by atoms with van der Waals surface area (Å²) in [6.45, 7) is 1.54. The third-order valence-electron chi connectivity index (χ3n) is 3.44. The van der Waals surface area contributed by atoms with Crippen LogP contribution in [0.2, 0.25) is 5.02 Å². The van der Waals surface area contributed by atoms with Crippen LogP contribution in [0.1, 0.15) is 23.2 Å². The molecule has 1 aromatic heterocycles. The van der Waals surface area contributed by atoms with Crippen LogP contribution in [-0.4, -0.2) is 50.1 Å². The highest BCUT2D eigenvalue weighted by molar-refractivity contribution is 7.88. The summed E-state index contributed by atoms with van der Waals surface area (Å²) in [5.41, 5.74) is 0.434. The quantitative estimate of drug-likeness (QED) is 0.897. The SMILES string of the molecule is CS(=O)(=O)NCC1CCCN(C(=O)c2ccncc2Cl)C1. The molecule has 1 unspecified atom stereocenters. The third kappa shape index (κ3) is 4.66. The molecule has 1 aliphatic heterocycles. The lowest BCUT2D eigenvalue weighted by atomic mass is 9.98. The van der Waals surface area contributed by atoms with Crippen LogP contribution in [0.3, 0.4) is 0 Å². The van der Waals surface area contributed by atoms with E-state index in [0.717, 1.165) is 19.1 Å². The molecule has 0 spiro atoms. The van der Waals surface area contributed by atoms with Crippen molar-refractivity contribution in [3.8, 4) is 0 Å². The van der Waals surface area contributed by atoms with Gasteiger partial charge in [-0.15, -0.1) is 0 Å².